The number of halogens is 1. The molecular weight excluding hydrogens is 402 g/mol. The van der Waals surface area contributed by atoms with Crippen LogP contribution in [0, 0.1) is 20.8 Å². The fraction of sp³-hybridized carbons (Fsp3) is 0.278. The molecule has 148 valence electrons. The van der Waals surface area contributed by atoms with Crippen LogP contribution in [0.2, 0.25) is 5.02 Å². The van der Waals surface area contributed by atoms with Gasteiger partial charge < -0.3 is 0 Å². The number of nitrogens with zero attached hydrogens (tertiary/aromatic N) is 4. The number of aromatic nitrogens is 4. The van der Waals surface area contributed by atoms with E-state index in [9.17, 15) is 13.2 Å². The van der Waals surface area contributed by atoms with Gasteiger partial charge in [0.1, 0.15) is 0 Å². The maximum Gasteiger partial charge on any atom is 0.266 e. The molecule has 1 N–H and O–H groups in total. The van der Waals surface area contributed by atoms with Crippen molar-refractivity contribution in [1.82, 2.24) is 24.3 Å². The number of benzene rings is 1. The van der Waals surface area contributed by atoms with Crippen LogP contribution in [0.4, 0.5) is 0 Å². The Kier molecular flexibility index (Phi) is 5.69. The van der Waals surface area contributed by atoms with Crippen LogP contribution in [0.3, 0.4) is 0 Å². The third kappa shape index (κ3) is 4.32. The zero-order valence-electron chi connectivity index (χ0n) is 15.7. The first-order chi connectivity index (χ1) is 13.2. The van der Waals surface area contributed by atoms with Crippen molar-refractivity contribution in [3.05, 3.63) is 68.7 Å². The average Bonchev–Trinajstić information content (AvgIpc) is 2.97. The molecular formula is C18H20ClN5O3S. The highest BCUT2D eigenvalue weighted by molar-refractivity contribution is 7.89. The normalized spacial score (nSPS) is 11.7. The van der Waals surface area contributed by atoms with E-state index in [4.69, 9.17) is 11.6 Å². The lowest BCUT2D eigenvalue weighted by Crippen LogP contribution is -2.32. The van der Waals surface area contributed by atoms with E-state index in [0.717, 1.165) is 11.4 Å². The Balaban J connectivity index is 1.78. The average molecular weight is 422 g/mol. The van der Waals surface area contributed by atoms with Gasteiger partial charge in [-0.2, -0.15) is 5.10 Å². The lowest BCUT2D eigenvalue weighted by molar-refractivity contribution is 0.541. The molecule has 3 rings (SSSR count). The van der Waals surface area contributed by atoms with E-state index in [1.54, 1.807) is 29.8 Å². The number of sulfonamides is 1. The summed E-state index contributed by atoms with van der Waals surface area (Å²) in [5.74, 6) is 0.485. The molecule has 8 nitrogen and oxygen atoms in total. The third-order valence-corrected chi connectivity index (χ3v) is 5.97. The third-order valence-electron chi connectivity index (χ3n) is 4.13. The van der Waals surface area contributed by atoms with Crippen molar-refractivity contribution in [3.63, 3.8) is 0 Å². The molecule has 2 aromatic heterocycles. The first kappa shape index (κ1) is 20.2. The van der Waals surface area contributed by atoms with Gasteiger partial charge in [0.25, 0.3) is 5.56 Å². The highest BCUT2D eigenvalue weighted by atomic mass is 35.5. The topological polar surface area (TPSA) is 98.9 Å². The number of hydrogen-bond donors (Lipinski definition) is 1. The van der Waals surface area contributed by atoms with Gasteiger partial charge in [0.05, 0.1) is 17.1 Å². The molecule has 3 aromatic rings. The van der Waals surface area contributed by atoms with Gasteiger partial charge in [0.15, 0.2) is 5.82 Å². The van der Waals surface area contributed by atoms with Crippen molar-refractivity contribution in [2.24, 2.45) is 0 Å². The minimum Gasteiger partial charge on any atom is -0.268 e. The largest absolute Gasteiger partial charge is 0.268 e. The monoisotopic (exact) mass is 421 g/mol. The molecule has 0 fully saturated rings. The summed E-state index contributed by atoms with van der Waals surface area (Å²) in [5, 5.41) is 8.97. The zero-order valence-corrected chi connectivity index (χ0v) is 17.3. The second kappa shape index (κ2) is 7.86. The Bertz CT molecular complexity index is 1180. The van der Waals surface area contributed by atoms with Crippen molar-refractivity contribution in [1.29, 1.82) is 0 Å². The standard InChI is InChI=1S/C18H20ClN5O3S/c1-12-4-5-15(19)11-16(12)28(26,27)20-8-9-23-18(25)7-6-17(22-23)24-14(3)10-13(2)21-24/h4-7,10-11,20H,8-9H2,1-3H3. The van der Waals surface area contributed by atoms with E-state index in [2.05, 4.69) is 14.9 Å². The Morgan fingerprint density at radius 1 is 1.07 bits per heavy atom. The number of hydrogen-bond acceptors (Lipinski definition) is 5. The van der Waals surface area contributed by atoms with Crippen LogP contribution in [0.15, 0.2) is 46.1 Å². The molecule has 0 aliphatic carbocycles. The summed E-state index contributed by atoms with van der Waals surface area (Å²) < 4.78 is 30.4. The Labute approximate surface area is 167 Å². The molecule has 0 bridgehead atoms. The van der Waals surface area contributed by atoms with Crippen LogP contribution in [0.5, 0.6) is 0 Å². The lowest BCUT2D eigenvalue weighted by Gasteiger charge is -2.11. The van der Waals surface area contributed by atoms with Crippen LogP contribution >= 0.6 is 11.6 Å². The van der Waals surface area contributed by atoms with E-state index in [1.165, 1.54) is 16.8 Å². The van der Waals surface area contributed by atoms with Crippen molar-refractivity contribution in [2.45, 2.75) is 32.2 Å². The molecule has 0 saturated carbocycles. The molecule has 0 unspecified atom stereocenters. The van der Waals surface area contributed by atoms with E-state index >= 15 is 0 Å². The van der Waals surface area contributed by atoms with E-state index in [-0.39, 0.29) is 23.5 Å². The van der Waals surface area contributed by atoms with E-state index in [0.29, 0.717) is 16.4 Å². The molecule has 28 heavy (non-hydrogen) atoms. The predicted octanol–water partition coefficient (Wildman–Crippen LogP) is 1.99. The van der Waals surface area contributed by atoms with Gasteiger partial charge in [-0.15, -0.1) is 5.10 Å². The van der Waals surface area contributed by atoms with Crippen molar-refractivity contribution < 1.29 is 8.42 Å². The maximum absolute atomic E-state index is 12.5. The van der Waals surface area contributed by atoms with Gasteiger partial charge in [0, 0.05) is 23.3 Å². The van der Waals surface area contributed by atoms with Crippen LogP contribution in [-0.4, -0.2) is 34.5 Å². The van der Waals surface area contributed by atoms with Gasteiger partial charge in [-0.05, 0) is 50.6 Å². The van der Waals surface area contributed by atoms with Gasteiger partial charge in [-0.3, -0.25) is 4.79 Å². The maximum atomic E-state index is 12.5. The predicted molar refractivity (Wildman–Crippen MR) is 106 cm³/mol. The summed E-state index contributed by atoms with van der Waals surface area (Å²) in [6.45, 7) is 5.52. The van der Waals surface area contributed by atoms with Gasteiger partial charge in [-0.25, -0.2) is 22.5 Å². The lowest BCUT2D eigenvalue weighted by atomic mass is 10.2. The van der Waals surface area contributed by atoms with Crippen LogP contribution in [-0.2, 0) is 16.6 Å². The first-order valence-corrected chi connectivity index (χ1v) is 10.4. The highest BCUT2D eigenvalue weighted by Crippen LogP contribution is 2.19. The molecule has 0 aliphatic heterocycles. The van der Waals surface area contributed by atoms with Crippen molar-refractivity contribution in [3.8, 4) is 5.82 Å². The van der Waals surface area contributed by atoms with Crippen LogP contribution in [0.1, 0.15) is 17.0 Å². The number of nitrogens with one attached hydrogen (secondary N) is 1. The summed E-state index contributed by atoms with van der Waals surface area (Å²) >= 11 is 5.91. The molecule has 10 heteroatoms. The van der Waals surface area contributed by atoms with Crippen LogP contribution in [0.25, 0.3) is 5.82 Å². The van der Waals surface area contributed by atoms with Crippen molar-refractivity contribution >= 4 is 21.6 Å². The molecule has 0 saturated heterocycles. The van der Waals surface area contributed by atoms with Gasteiger partial charge in [0.2, 0.25) is 10.0 Å². The number of aryl methyl sites for hydroxylation is 3. The smallest absolute Gasteiger partial charge is 0.266 e. The molecule has 0 atom stereocenters. The Morgan fingerprint density at radius 2 is 1.82 bits per heavy atom. The quantitative estimate of drug-likeness (QED) is 0.656. The molecule has 1 aromatic carbocycles. The SMILES string of the molecule is Cc1cc(C)n(-c2ccc(=O)n(CCNS(=O)(=O)c3cc(Cl)ccc3C)n2)n1. The molecule has 0 radical (unpaired) electrons. The summed E-state index contributed by atoms with van der Waals surface area (Å²) in [5.41, 5.74) is 1.97. The molecule has 0 spiro atoms. The summed E-state index contributed by atoms with van der Waals surface area (Å²) in [6, 6.07) is 9.53. The summed E-state index contributed by atoms with van der Waals surface area (Å²) in [4.78, 5) is 12.2. The molecule has 0 aliphatic rings. The minimum absolute atomic E-state index is 0.00175. The van der Waals surface area contributed by atoms with E-state index < -0.39 is 10.0 Å². The molecule has 0 amide bonds. The van der Waals surface area contributed by atoms with Crippen molar-refractivity contribution in [2.75, 3.05) is 6.54 Å². The van der Waals surface area contributed by atoms with E-state index in [1.807, 2.05) is 19.9 Å². The fourth-order valence-corrected chi connectivity index (χ4v) is 4.33. The summed E-state index contributed by atoms with van der Waals surface area (Å²) in [6.07, 6.45) is 0. The van der Waals surface area contributed by atoms with Crippen LogP contribution < -0.4 is 10.3 Å². The molecule has 2 heterocycles. The number of rotatable bonds is 6. The first-order valence-electron chi connectivity index (χ1n) is 8.55. The fourth-order valence-electron chi connectivity index (χ4n) is 2.80. The van der Waals surface area contributed by atoms with Gasteiger partial charge in [-0.1, -0.05) is 17.7 Å². The highest BCUT2D eigenvalue weighted by Gasteiger charge is 2.17. The van der Waals surface area contributed by atoms with Gasteiger partial charge >= 0.3 is 0 Å². The Morgan fingerprint density at radius 3 is 2.50 bits per heavy atom. The zero-order chi connectivity index (χ0) is 20.5. The summed E-state index contributed by atoms with van der Waals surface area (Å²) in [7, 11) is -3.76. The Hall–Kier alpha value is -2.49. The second-order valence-corrected chi connectivity index (χ2v) is 8.57. The second-order valence-electron chi connectivity index (χ2n) is 6.40. The minimum atomic E-state index is -3.76.